The second-order valence-electron chi connectivity index (χ2n) is 7.12. The maximum Gasteiger partial charge on any atom is 0.243 e. The van der Waals surface area contributed by atoms with Gasteiger partial charge in [0.15, 0.2) is 0 Å². The van der Waals surface area contributed by atoms with Gasteiger partial charge in [-0.2, -0.15) is 0 Å². The topological polar surface area (TPSA) is 75.7 Å². The van der Waals surface area contributed by atoms with Crippen molar-refractivity contribution in [3.63, 3.8) is 0 Å². The van der Waals surface area contributed by atoms with Crippen molar-refractivity contribution < 1.29 is 17.9 Å². The lowest BCUT2D eigenvalue weighted by molar-refractivity contribution is -0.121. The van der Waals surface area contributed by atoms with Gasteiger partial charge in [0.2, 0.25) is 15.9 Å². The summed E-state index contributed by atoms with van der Waals surface area (Å²) in [4.78, 5) is 12.5. The molecule has 0 aromatic heterocycles. The zero-order valence-corrected chi connectivity index (χ0v) is 17.6. The Labute approximate surface area is 167 Å². The van der Waals surface area contributed by atoms with Crippen molar-refractivity contribution in [1.82, 2.24) is 5.32 Å². The SMILES string of the molecule is CC(C)CCNC(=O)[C@H](C)N(c1ccc(Oc2ccccc2)cc1)S(C)(=O)=O. The molecule has 2 rings (SSSR count). The number of benzene rings is 2. The third kappa shape index (κ3) is 6.27. The number of hydrogen-bond donors (Lipinski definition) is 1. The number of rotatable bonds is 9. The molecule has 0 aliphatic heterocycles. The molecule has 0 fully saturated rings. The first-order chi connectivity index (χ1) is 13.2. The molecular weight excluding hydrogens is 376 g/mol. The maximum atomic E-state index is 12.5. The minimum atomic E-state index is -3.64. The maximum absolute atomic E-state index is 12.5. The Morgan fingerprint density at radius 3 is 2.11 bits per heavy atom. The Bertz CT molecular complexity index is 865. The highest BCUT2D eigenvalue weighted by molar-refractivity contribution is 7.92. The quantitative estimate of drug-likeness (QED) is 0.690. The Hall–Kier alpha value is -2.54. The molecule has 1 amide bonds. The summed E-state index contributed by atoms with van der Waals surface area (Å²) in [6, 6.07) is 15.1. The number of ether oxygens (including phenoxy) is 1. The first-order valence-corrected chi connectivity index (χ1v) is 11.1. The van der Waals surface area contributed by atoms with Crippen LogP contribution in [0.5, 0.6) is 11.5 Å². The van der Waals surface area contributed by atoms with Crippen molar-refractivity contribution in [3.8, 4) is 11.5 Å². The monoisotopic (exact) mass is 404 g/mol. The second kappa shape index (κ2) is 9.59. The van der Waals surface area contributed by atoms with Gasteiger partial charge in [-0.25, -0.2) is 8.42 Å². The van der Waals surface area contributed by atoms with E-state index in [0.717, 1.165) is 17.0 Å². The van der Waals surface area contributed by atoms with E-state index in [4.69, 9.17) is 4.74 Å². The summed E-state index contributed by atoms with van der Waals surface area (Å²) in [6.07, 6.45) is 1.93. The number of carbonyl (C=O) groups excluding carboxylic acids is 1. The fraction of sp³-hybridized carbons (Fsp3) is 0.381. The molecule has 0 saturated heterocycles. The highest BCUT2D eigenvalue weighted by Crippen LogP contribution is 2.26. The first-order valence-electron chi connectivity index (χ1n) is 9.28. The van der Waals surface area contributed by atoms with Gasteiger partial charge in [-0.05, 0) is 55.7 Å². The normalized spacial score (nSPS) is 12.5. The average Bonchev–Trinajstić information content (AvgIpc) is 2.62. The van der Waals surface area contributed by atoms with Gasteiger partial charge in [0, 0.05) is 6.54 Å². The number of nitrogens with zero attached hydrogens (tertiary/aromatic N) is 1. The van der Waals surface area contributed by atoms with E-state index in [0.29, 0.717) is 29.6 Å². The van der Waals surface area contributed by atoms with Crippen molar-refractivity contribution in [3.05, 3.63) is 54.6 Å². The van der Waals surface area contributed by atoms with Crippen LogP contribution in [-0.4, -0.2) is 33.2 Å². The fourth-order valence-electron chi connectivity index (χ4n) is 2.73. The van der Waals surface area contributed by atoms with Crippen molar-refractivity contribution in [1.29, 1.82) is 0 Å². The van der Waals surface area contributed by atoms with E-state index in [2.05, 4.69) is 19.2 Å². The highest BCUT2D eigenvalue weighted by Gasteiger charge is 2.28. The molecule has 0 saturated carbocycles. The lowest BCUT2D eigenvalue weighted by Gasteiger charge is -2.28. The minimum Gasteiger partial charge on any atom is -0.457 e. The van der Waals surface area contributed by atoms with Crippen LogP contribution in [0.4, 0.5) is 5.69 Å². The summed E-state index contributed by atoms with van der Waals surface area (Å²) in [7, 11) is -3.64. The summed E-state index contributed by atoms with van der Waals surface area (Å²) in [6.45, 7) is 6.23. The summed E-state index contributed by atoms with van der Waals surface area (Å²) in [5, 5.41) is 2.81. The van der Waals surface area contributed by atoms with Crippen molar-refractivity contribution in [2.75, 3.05) is 17.1 Å². The number of carbonyl (C=O) groups is 1. The van der Waals surface area contributed by atoms with Gasteiger partial charge >= 0.3 is 0 Å². The molecule has 1 atom stereocenters. The van der Waals surface area contributed by atoms with Gasteiger partial charge in [-0.3, -0.25) is 9.10 Å². The second-order valence-corrected chi connectivity index (χ2v) is 8.98. The lowest BCUT2D eigenvalue weighted by Crippen LogP contribution is -2.48. The van der Waals surface area contributed by atoms with Gasteiger partial charge in [-0.15, -0.1) is 0 Å². The zero-order chi connectivity index (χ0) is 20.7. The molecule has 0 aliphatic rings. The third-order valence-corrected chi connectivity index (χ3v) is 5.42. The van der Waals surface area contributed by atoms with E-state index in [9.17, 15) is 13.2 Å². The van der Waals surface area contributed by atoms with E-state index in [1.165, 1.54) is 0 Å². The number of sulfonamides is 1. The number of para-hydroxylation sites is 1. The van der Waals surface area contributed by atoms with Crippen LogP contribution in [0.2, 0.25) is 0 Å². The van der Waals surface area contributed by atoms with Crippen molar-refractivity contribution in [2.45, 2.75) is 33.2 Å². The van der Waals surface area contributed by atoms with E-state index in [1.54, 1.807) is 31.2 Å². The Morgan fingerprint density at radius 2 is 1.57 bits per heavy atom. The molecule has 2 aromatic rings. The van der Waals surface area contributed by atoms with Crippen LogP contribution in [0, 0.1) is 5.92 Å². The fourth-order valence-corrected chi connectivity index (χ4v) is 3.90. The minimum absolute atomic E-state index is 0.323. The standard InChI is InChI=1S/C21H28N2O4S/c1-16(2)14-15-22-21(24)17(3)23(28(4,25)26)18-10-12-20(13-11-18)27-19-8-6-5-7-9-19/h5-13,16-17H,14-15H2,1-4H3,(H,22,24)/t17-/m0/s1. The smallest absolute Gasteiger partial charge is 0.243 e. The van der Waals surface area contributed by atoms with Gasteiger partial charge in [0.1, 0.15) is 17.5 Å². The van der Waals surface area contributed by atoms with Gasteiger partial charge < -0.3 is 10.1 Å². The number of hydrogen-bond acceptors (Lipinski definition) is 4. The first kappa shape index (κ1) is 21.8. The predicted octanol–water partition coefficient (Wildman–Crippen LogP) is 3.80. The molecule has 2 aromatic carbocycles. The Balaban J connectivity index is 2.15. The van der Waals surface area contributed by atoms with Gasteiger partial charge in [-0.1, -0.05) is 32.0 Å². The molecule has 6 nitrogen and oxygen atoms in total. The van der Waals surface area contributed by atoms with Gasteiger partial charge in [0.25, 0.3) is 0 Å². The largest absolute Gasteiger partial charge is 0.457 e. The molecule has 0 radical (unpaired) electrons. The highest BCUT2D eigenvalue weighted by atomic mass is 32.2. The average molecular weight is 405 g/mol. The van der Waals surface area contributed by atoms with Crippen molar-refractivity contribution in [2.24, 2.45) is 5.92 Å². The predicted molar refractivity (Wildman–Crippen MR) is 112 cm³/mol. The van der Waals surface area contributed by atoms with E-state index < -0.39 is 16.1 Å². The molecule has 152 valence electrons. The molecule has 0 spiro atoms. The Kier molecular flexibility index (Phi) is 7.45. The van der Waals surface area contributed by atoms with E-state index in [1.807, 2.05) is 30.3 Å². The molecule has 0 unspecified atom stereocenters. The van der Waals surface area contributed by atoms with Crippen LogP contribution in [0.25, 0.3) is 0 Å². The van der Waals surface area contributed by atoms with E-state index >= 15 is 0 Å². The lowest BCUT2D eigenvalue weighted by atomic mass is 10.1. The van der Waals surface area contributed by atoms with Crippen molar-refractivity contribution >= 4 is 21.6 Å². The summed E-state index contributed by atoms with van der Waals surface area (Å²) < 4.78 is 31.6. The molecule has 0 aliphatic carbocycles. The summed E-state index contributed by atoms with van der Waals surface area (Å²) in [5.41, 5.74) is 0.412. The van der Waals surface area contributed by atoms with Crippen LogP contribution in [0.1, 0.15) is 27.2 Å². The molecule has 0 heterocycles. The van der Waals surface area contributed by atoms with Crippen LogP contribution < -0.4 is 14.4 Å². The third-order valence-electron chi connectivity index (χ3n) is 4.18. The van der Waals surface area contributed by atoms with Crippen LogP contribution in [0.3, 0.4) is 0 Å². The molecule has 28 heavy (non-hydrogen) atoms. The summed E-state index contributed by atoms with van der Waals surface area (Å²) >= 11 is 0. The van der Waals surface area contributed by atoms with Crippen LogP contribution >= 0.6 is 0 Å². The van der Waals surface area contributed by atoms with E-state index in [-0.39, 0.29) is 5.91 Å². The summed E-state index contributed by atoms with van der Waals surface area (Å²) in [5.74, 6) is 1.40. The molecule has 1 N–H and O–H groups in total. The Morgan fingerprint density at radius 1 is 1.00 bits per heavy atom. The number of nitrogens with one attached hydrogen (secondary N) is 1. The number of amides is 1. The molecule has 0 bridgehead atoms. The van der Waals surface area contributed by atoms with Gasteiger partial charge in [0.05, 0.1) is 11.9 Å². The zero-order valence-electron chi connectivity index (χ0n) is 16.8. The van der Waals surface area contributed by atoms with Crippen LogP contribution in [-0.2, 0) is 14.8 Å². The molecular formula is C21H28N2O4S. The number of anilines is 1. The molecule has 7 heteroatoms. The van der Waals surface area contributed by atoms with Crippen LogP contribution in [0.15, 0.2) is 54.6 Å².